The second-order valence-electron chi connectivity index (χ2n) is 6.95. The van der Waals surface area contributed by atoms with Crippen LogP contribution in [0.25, 0.3) is 0 Å². The van der Waals surface area contributed by atoms with Crippen molar-refractivity contribution in [2.45, 2.75) is 50.6 Å². The Morgan fingerprint density at radius 1 is 1.27 bits per heavy atom. The smallest absolute Gasteiger partial charge is 0.0734 e. The normalized spacial score (nSPS) is 23.5. The molecular weight excluding hydrogens is 274 g/mol. The summed E-state index contributed by atoms with van der Waals surface area (Å²) >= 11 is 0. The lowest BCUT2D eigenvalue weighted by atomic mass is 9.67. The number of nitrogens with zero attached hydrogens (tertiary/aromatic N) is 1. The van der Waals surface area contributed by atoms with Gasteiger partial charge in [-0.25, -0.2) is 0 Å². The number of rotatable bonds is 5. The molecule has 1 unspecified atom stereocenters. The molecule has 1 aliphatic carbocycles. The van der Waals surface area contributed by atoms with Gasteiger partial charge in [0.15, 0.2) is 0 Å². The first kappa shape index (κ1) is 15.9. The van der Waals surface area contributed by atoms with E-state index in [1.54, 1.807) is 7.11 Å². The molecule has 1 spiro atoms. The zero-order valence-electron chi connectivity index (χ0n) is 13.7. The average Bonchev–Trinajstić information content (AvgIpc) is 2.58. The van der Waals surface area contributed by atoms with Gasteiger partial charge in [0.2, 0.25) is 0 Å². The fourth-order valence-electron chi connectivity index (χ4n) is 4.11. The van der Waals surface area contributed by atoms with Crippen molar-refractivity contribution in [3.8, 4) is 0 Å². The zero-order valence-corrected chi connectivity index (χ0v) is 13.7. The third-order valence-electron chi connectivity index (χ3n) is 5.53. The van der Waals surface area contributed by atoms with Crippen molar-refractivity contribution >= 4 is 0 Å². The average molecular weight is 303 g/mol. The predicted octanol–water partition coefficient (Wildman–Crippen LogP) is 2.67. The monoisotopic (exact) mass is 303 g/mol. The number of aromatic nitrogens is 1. The van der Waals surface area contributed by atoms with Crippen LogP contribution in [-0.2, 0) is 4.74 Å². The quantitative estimate of drug-likeness (QED) is 0.878. The number of ether oxygens (including phenoxy) is 1. The minimum atomic E-state index is 0.207. The number of hydrogen-bond acceptors (Lipinski definition) is 4. The van der Waals surface area contributed by atoms with Crippen LogP contribution in [0.3, 0.4) is 0 Å². The third-order valence-corrected chi connectivity index (χ3v) is 5.53. The van der Waals surface area contributed by atoms with Gasteiger partial charge in [-0.05, 0) is 69.2 Å². The van der Waals surface area contributed by atoms with E-state index in [-0.39, 0.29) is 6.04 Å². The Morgan fingerprint density at radius 3 is 2.68 bits per heavy atom. The second kappa shape index (κ2) is 7.53. The standard InChI is InChI=1S/C18H29N3O/c1-22-14-17(16-4-2-3-11-20-16)21-15-5-7-18(8-6-15)9-12-19-13-10-18/h2-4,11,15,17,19,21H,5-10,12-14H2,1H3. The summed E-state index contributed by atoms with van der Waals surface area (Å²) < 4.78 is 5.40. The lowest BCUT2D eigenvalue weighted by Crippen LogP contribution is -2.44. The number of pyridine rings is 1. The number of hydrogen-bond donors (Lipinski definition) is 2. The molecule has 22 heavy (non-hydrogen) atoms. The molecule has 0 bridgehead atoms. The zero-order chi connectivity index (χ0) is 15.3. The Kier molecular flexibility index (Phi) is 5.45. The summed E-state index contributed by atoms with van der Waals surface area (Å²) in [6.45, 7) is 3.10. The Balaban J connectivity index is 1.56. The maximum Gasteiger partial charge on any atom is 0.0734 e. The van der Waals surface area contributed by atoms with Crippen molar-refractivity contribution in [3.63, 3.8) is 0 Å². The summed E-state index contributed by atoms with van der Waals surface area (Å²) in [7, 11) is 1.77. The molecule has 4 nitrogen and oxygen atoms in total. The fourth-order valence-corrected chi connectivity index (χ4v) is 4.11. The minimum Gasteiger partial charge on any atom is -0.383 e. The van der Waals surface area contributed by atoms with Gasteiger partial charge >= 0.3 is 0 Å². The topological polar surface area (TPSA) is 46.2 Å². The van der Waals surface area contributed by atoms with Crippen molar-refractivity contribution in [1.82, 2.24) is 15.6 Å². The first-order valence-electron chi connectivity index (χ1n) is 8.68. The first-order valence-corrected chi connectivity index (χ1v) is 8.68. The number of piperidine rings is 1. The molecule has 2 N–H and O–H groups in total. The lowest BCUT2D eigenvalue weighted by Gasteiger charge is -2.44. The molecule has 2 fully saturated rings. The number of methoxy groups -OCH3 is 1. The maximum absolute atomic E-state index is 5.40. The van der Waals surface area contributed by atoms with Crippen LogP contribution in [0, 0.1) is 5.41 Å². The van der Waals surface area contributed by atoms with Crippen LogP contribution in [0.5, 0.6) is 0 Å². The molecule has 122 valence electrons. The molecule has 2 aliphatic rings. The highest BCUT2D eigenvalue weighted by atomic mass is 16.5. The second-order valence-corrected chi connectivity index (χ2v) is 6.95. The molecule has 0 aromatic carbocycles. The summed E-state index contributed by atoms with van der Waals surface area (Å²) in [4.78, 5) is 4.50. The Morgan fingerprint density at radius 2 is 2.05 bits per heavy atom. The minimum absolute atomic E-state index is 0.207. The Bertz CT molecular complexity index is 435. The molecule has 1 aromatic heterocycles. The highest BCUT2D eigenvalue weighted by Crippen LogP contribution is 2.43. The van der Waals surface area contributed by atoms with Crippen molar-refractivity contribution in [3.05, 3.63) is 30.1 Å². The van der Waals surface area contributed by atoms with Gasteiger partial charge in [-0.1, -0.05) is 6.07 Å². The van der Waals surface area contributed by atoms with E-state index in [1.807, 2.05) is 12.3 Å². The van der Waals surface area contributed by atoms with Gasteiger partial charge in [0.05, 0.1) is 18.3 Å². The summed E-state index contributed by atoms with van der Waals surface area (Å²) in [5.41, 5.74) is 1.72. The molecule has 1 saturated heterocycles. The van der Waals surface area contributed by atoms with Crippen LogP contribution in [0.2, 0.25) is 0 Å². The summed E-state index contributed by atoms with van der Waals surface area (Å²) in [6.07, 6.45) is 9.90. The predicted molar refractivity (Wildman–Crippen MR) is 88.8 cm³/mol. The molecule has 1 atom stereocenters. The SMILES string of the molecule is COCC(NC1CCC2(CCNCC2)CC1)c1ccccn1. The molecule has 2 heterocycles. The van der Waals surface area contributed by atoms with E-state index < -0.39 is 0 Å². The van der Waals surface area contributed by atoms with Gasteiger partial charge in [-0.2, -0.15) is 0 Å². The maximum atomic E-state index is 5.40. The molecule has 3 rings (SSSR count). The fraction of sp³-hybridized carbons (Fsp3) is 0.722. The summed E-state index contributed by atoms with van der Waals surface area (Å²) in [6, 6.07) is 6.92. The van der Waals surface area contributed by atoms with Crippen LogP contribution in [0.4, 0.5) is 0 Å². The van der Waals surface area contributed by atoms with Crippen LogP contribution < -0.4 is 10.6 Å². The molecule has 1 aromatic rings. The van der Waals surface area contributed by atoms with E-state index in [2.05, 4.69) is 27.8 Å². The molecule has 0 amide bonds. The van der Waals surface area contributed by atoms with Crippen LogP contribution in [0.15, 0.2) is 24.4 Å². The van der Waals surface area contributed by atoms with Gasteiger partial charge in [0.1, 0.15) is 0 Å². The molecule has 1 saturated carbocycles. The van der Waals surface area contributed by atoms with E-state index in [9.17, 15) is 0 Å². The van der Waals surface area contributed by atoms with Gasteiger partial charge in [-0.3, -0.25) is 4.98 Å². The molecule has 0 radical (unpaired) electrons. The number of nitrogens with one attached hydrogen (secondary N) is 2. The van der Waals surface area contributed by atoms with E-state index >= 15 is 0 Å². The molecule has 1 aliphatic heterocycles. The largest absolute Gasteiger partial charge is 0.383 e. The third kappa shape index (κ3) is 3.86. The Hall–Kier alpha value is -0.970. The van der Waals surface area contributed by atoms with E-state index in [0.717, 1.165) is 5.69 Å². The van der Waals surface area contributed by atoms with Crippen LogP contribution >= 0.6 is 0 Å². The molecule has 4 heteroatoms. The van der Waals surface area contributed by atoms with Gasteiger partial charge in [-0.15, -0.1) is 0 Å². The highest BCUT2D eigenvalue weighted by Gasteiger charge is 2.36. The van der Waals surface area contributed by atoms with Crippen molar-refractivity contribution in [2.75, 3.05) is 26.8 Å². The lowest BCUT2D eigenvalue weighted by molar-refractivity contribution is 0.101. The first-order chi connectivity index (χ1) is 10.8. The van der Waals surface area contributed by atoms with Crippen molar-refractivity contribution in [2.24, 2.45) is 5.41 Å². The van der Waals surface area contributed by atoms with Gasteiger partial charge in [0.25, 0.3) is 0 Å². The van der Waals surface area contributed by atoms with Gasteiger partial charge in [0, 0.05) is 19.3 Å². The summed E-state index contributed by atoms with van der Waals surface area (Å²) in [5, 5.41) is 7.29. The van der Waals surface area contributed by atoms with Crippen LogP contribution in [-0.4, -0.2) is 37.8 Å². The van der Waals surface area contributed by atoms with E-state index in [4.69, 9.17) is 4.74 Å². The Labute approximate surface area is 134 Å². The summed E-state index contributed by atoms with van der Waals surface area (Å²) in [5.74, 6) is 0. The highest BCUT2D eigenvalue weighted by molar-refractivity contribution is 5.09. The van der Waals surface area contributed by atoms with E-state index in [1.165, 1.54) is 51.6 Å². The van der Waals surface area contributed by atoms with E-state index in [0.29, 0.717) is 18.1 Å². The van der Waals surface area contributed by atoms with Crippen LogP contribution in [0.1, 0.15) is 50.3 Å². The van der Waals surface area contributed by atoms with Gasteiger partial charge < -0.3 is 15.4 Å². The molecular formula is C18H29N3O. The van der Waals surface area contributed by atoms with Crippen molar-refractivity contribution in [1.29, 1.82) is 0 Å². The van der Waals surface area contributed by atoms with Crippen molar-refractivity contribution < 1.29 is 4.74 Å².